The topological polar surface area (TPSA) is 62.6 Å². The number of amides is 1. The number of carbonyl (C=O) groups is 1. The van der Waals surface area contributed by atoms with Crippen LogP contribution in [0.15, 0.2) is 36.4 Å². The standard InChI is InChI=1S/C22H18F6N2O3/c1-12(21(23,24)25)33-17-8-5-14(9-29)19(32-2)18(17)20(31)30-10-15(11-30)13-3-6-16(7-4-13)22(26,27)28/h3-8,12,15H,10-11H2,1-2H3/t12-/m1/s1. The second-order valence-electron chi connectivity index (χ2n) is 7.46. The molecule has 1 aliphatic rings. The summed E-state index contributed by atoms with van der Waals surface area (Å²) in [5.41, 5.74) is -0.588. The average Bonchev–Trinajstić information content (AvgIpc) is 2.71. The molecule has 0 bridgehead atoms. The summed E-state index contributed by atoms with van der Waals surface area (Å²) in [5.74, 6) is -1.57. The Morgan fingerprint density at radius 2 is 1.70 bits per heavy atom. The Morgan fingerprint density at radius 1 is 1.09 bits per heavy atom. The molecule has 1 fully saturated rings. The fourth-order valence-electron chi connectivity index (χ4n) is 3.38. The minimum atomic E-state index is -4.69. The van der Waals surface area contributed by atoms with E-state index < -0.39 is 35.7 Å². The van der Waals surface area contributed by atoms with Crippen molar-refractivity contribution in [2.45, 2.75) is 31.3 Å². The number of benzene rings is 2. The van der Waals surface area contributed by atoms with E-state index in [1.54, 1.807) is 0 Å². The van der Waals surface area contributed by atoms with Gasteiger partial charge < -0.3 is 14.4 Å². The Labute approximate surface area is 185 Å². The molecule has 1 heterocycles. The number of ether oxygens (including phenoxy) is 2. The summed E-state index contributed by atoms with van der Waals surface area (Å²) in [6.07, 6.45) is -11.4. The van der Waals surface area contributed by atoms with E-state index in [0.717, 1.165) is 25.1 Å². The van der Waals surface area contributed by atoms with Crippen LogP contribution in [0.2, 0.25) is 0 Å². The zero-order chi connectivity index (χ0) is 24.6. The van der Waals surface area contributed by atoms with E-state index in [9.17, 15) is 36.4 Å². The molecule has 33 heavy (non-hydrogen) atoms. The first-order chi connectivity index (χ1) is 15.4. The van der Waals surface area contributed by atoms with Crippen LogP contribution < -0.4 is 9.47 Å². The van der Waals surface area contributed by atoms with E-state index in [4.69, 9.17) is 9.47 Å². The summed E-state index contributed by atoms with van der Waals surface area (Å²) in [6.45, 7) is 1.03. The smallest absolute Gasteiger partial charge is 0.425 e. The Morgan fingerprint density at radius 3 is 2.18 bits per heavy atom. The minimum absolute atomic E-state index is 0.0623. The van der Waals surface area contributed by atoms with Crippen LogP contribution in [0.1, 0.15) is 39.9 Å². The predicted octanol–water partition coefficient (Wildman–Crippen LogP) is 5.15. The molecular formula is C22H18F6N2O3. The van der Waals surface area contributed by atoms with Crippen LogP contribution in [0.4, 0.5) is 26.3 Å². The van der Waals surface area contributed by atoms with Gasteiger partial charge in [-0.3, -0.25) is 4.79 Å². The number of methoxy groups -OCH3 is 1. The SMILES string of the molecule is COc1c(C#N)ccc(O[C@H](C)C(F)(F)F)c1C(=O)N1CC(c2ccc(C(F)(F)F)cc2)C1. The summed E-state index contributed by atoms with van der Waals surface area (Å²) in [4.78, 5) is 14.4. The molecule has 176 valence electrons. The van der Waals surface area contributed by atoms with Gasteiger partial charge in [-0.2, -0.15) is 31.6 Å². The lowest BCUT2D eigenvalue weighted by atomic mass is 9.90. The fourth-order valence-corrected chi connectivity index (χ4v) is 3.38. The van der Waals surface area contributed by atoms with Gasteiger partial charge in [-0.1, -0.05) is 12.1 Å². The highest BCUT2D eigenvalue weighted by Gasteiger charge is 2.41. The van der Waals surface area contributed by atoms with Crippen molar-refractivity contribution in [3.8, 4) is 17.6 Å². The summed E-state index contributed by atoms with van der Waals surface area (Å²) in [5, 5.41) is 9.28. The number of carbonyl (C=O) groups excluding carboxylic acids is 1. The van der Waals surface area contributed by atoms with Crippen LogP contribution in [0, 0.1) is 11.3 Å². The molecule has 11 heteroatoms. The predicted molar refractivity (Wildman–Crippen MR) is 104 cm³/mol. The first-order valence-electron chi connectivity index (χ1n) is 9.67. The highest BCUT2D eigenvalue weighted by molar-refractivity contribution is 6.01. The summed E-state index contributed by atoms with van der Waals surface area (Å²) in [7, 11) is 1.17. The maximum absolute atomic E-state index is 13.1. The molecule has 5 nitrogen and oxygen atoms in total. The van der Waals surface area contributed by atoms with E-state index in [-0.39, 0.29) is 35.9 Å². The highest BCUT2D eigenvalue weighted by atomic mass is 19.4. The third-order valence-electron chi connectivity index (χ3n) is 5.30. The lowest BCUT2D eigenvalue weighted by molar-refractivity contribution is -0.189. The monoisotopic (exact) mass is 472 g/mol. The van der Waals surface area contributed by atoms with Gasteiger partial charge in [0.2, 0.25) is 0 Å². The molecule has 1 atom stereocenters. The Bertz CT molecular complexity index is 1070. The number of alkyl halides is 6. The van der Waals surface area contributed by atoms with Crippen molar-refractivity contribution in [1.29, 1.82) is 5.26 Å². The zero-order valence-corrected chi connectivity index (χ0v) is 17.4. The third kappa shape index (κ3) is 4.99. The van der Waals surface area contributed by atoms with Gasteiger partial charge in [0.25, 0.3) is 5.91 Å². The lowest BCUT2D eigenvalue weighted by Crippen LogP contribution is -2.48. The summed E-state index contributed by atoms with van der Waals surface area (Å²) in [6, 6.07) is 8.65. The molecule has 0 unspecified atom stereocenters. The van der Waals surface area contributed by atoms with Gasteiger partial charge in [-0.15, -0.1) is 0 Å². The molecule has 0 radical (unpaired) electrons. The number of hydrogen-bond acceptors (Lipinski definition) is 4. The molecule has 0 saturated carbocycles. The molecule has 1 aliphatic heterocycles. The van der Waals surface area contributed by atoms with Crippen LogP contribution in [0.25, 0.3) is 0 Å². The van der Waals surface area contributed by atoms with E-state index in [1.165, 1.54) is 30.2 Å². The normalized spacial score (nSPS) is 15.4. The number of nitrogens with zero attached hydrogens (tertiary/aromatic N) is 2. The van der Waals surface area contributed by atoms with Crippen LogP contribution in [0.3, 0.4) is 0 Å². The molecule has 2 aromatic carbocycles. The van der Waals surface area contributed by atoms with Gasteiger partial charge in [0.1, 0.15) is 17.4 Å². The van der Waals surface area contributed by atoms with Crippen molar-refractivity contribution in [1.82, 2.24) is 4.90 Å². The van der Waals surface area contributed by atoms with Gasteiger partial charge in [0, 0.05) is 19.0 Å². The van der Waals surface area contributed by atoms with Crippen molar-refractivity contribution >= 4 is 5.91 Å². The van der Waals surface area contributed by atoms with Crippen LogP contribution in [-0.4, -0.2) is 43.3 Å². The molecular weight excluding hydrogens is 454 g/mol. The summed E-state index contributed by atoms with van der Waals surface area (Å²) < 4.78 is 87.3. The number of rotatable bonds is 5. The van der Waals surface area contributed by atoms with Crippen molar-refractivity contribution in [2.24, 2.45) is 0 Å². The number of nitriles is 1. The molecule has 3 rings (SSSR count). The van der Waals surface area contributed by atoms with Crippen molar-refractivity contribution in [3.63, 3.8) is 0 Å². The van der Waals surface area contributed by atoms with E-state index in [2.05, 4.69) is 0 Å². The first-order valence-corrected chi connectivity index (χ1v) is 9.67. The zero-order valence-electron chi connectivity index (χ0n) is 17.4. The minimum Gasteiger partial charge on any atom is -0.494 e. The van der Waals surface area contributed by atoms with Crippen LogP contribution in [-0.2, 0) is 6.18 Å². The largest absolute Gasteiger partial charge is 0.494 e. The Balaban J connectivity index is 1.84. The quantitative estimate of drug-likeness (QED) is 0.565. The average molecular weight is 472 g/mol. The lowest BCUT2D eigenvalue weighted by Gasteiger charge is -2.40. The molecule has 0 spiro atoms. The van der Waals surface area contributed by atoms with E-state index in [0.29, 0.717) is 5.56 Å². The van der Waals surface area contributed by atoms with Gasteiger partial charge >= 0.3 is 12.4 Å². The summed E-state index contributed by atoms with van der Waals surface area (Å²) >= 11 is 0. The van der Waals surface area contributed by atoms with Crippen LogP contribution >= 0.6 is 0 Å². The van der Waals surface area contributed by atoms with Crippen molar-refractivity contribution in [2.75, 3.05) is 20.2 Å². The number of halogens is 6. The third-order valence-corrected chi connectivity index (χ3v) is 5.30. The first kappa shape index (κ1) is 24.2. The number of hydrogen-bond donors (Lipinski definition) is 0. The fraction of sp³-hybridized carbons (Fsp3) is 0.364. The highest BCUT2D eigenvalue weighted by Crippen LogP contribution is 2.38. The maximum Gasteiger partial charge on any atom is 0.425 e. The molecule has 0 N–H and O–H groups in total. The molecule has 0 aromatic heterocycles. The van der Waals surface area contributed by atoms with Gasteiger partial charge in [-0.05, 0) is 36.8 Å². The molecule has 2 aromatic rings. The maximum atomic E-state index is 13.1. The van der Waals surface area contributed by atoms with Gasteiger partial charge in [0.05, 0.1) is 18.2 Å². The van der Waals surface area contributed by atoms with E-state index in [1.807, 2.05) is 6.07 Å². The van der Waals surface area contributed by atoms with Gasteiger partial charge in [0.15, 0.2) is 11.9 Å². The van der Waals surface area contributed by atoms with Crippen LogP contribution in [0.5, 0.6) is 11.5 Å². The second-order valence-corrected chi connectivity index (χ2v) is 7.46. The molecule has 1 amide bonds. The second kappa shape index (κ2) is 8.84. The molecule has 1 saturated heterocycles. The number of likely N-dealkylation sites (tertiary alicyclic amines) is 1. The Kier molecular flexibility index (Phi) is 6.49. The Hall–Kier alpha value is -3.42. The van der Waals surface area contributed by atoms with Gasteiger partial charge in [-0.25, -0.2) is 0 Å². The molecule has 0 aliphatic carbocycles. The van der Waals surface area contributed by atoms with Crippen molar-refractivity contribution < 1.29 is 40.6 Å². The van der Waals surface area contributed by atoms with E-state index >= 15 is 0 Å². The van der Waals surface area contributed by atoms with Crippen molar-refractivity contribution in [3.05, 3.63) is 58.7 Å².